The van der Waals surface area contributed by atoms with Crippen molar-refractivity contribution in [3.63, 3.8) is 0 Å². The van der Waals surface area contributed by atoms with Crippen LogP contribution in [-0.2, 0) is 6.54 Å². The van der Waals surface area contributed by atoms with Crippen LogP contribution in [0.25, 0.3) is 22.4 Å². The molecule has 3 nitrogen and oxygen atoms in total. The Morgan fingerprint density at radius 1 is 0.962 bits per heavy atom. The molecule has 4 aromatic rings. The Morgan fingerprint density at radius 3 is 2.42 bits per heavy atom. The predicted octanol–water partition coefficient (Wildman–Crippen LogP) is 5.38. The van der Waals surface area contributed by atoms with Gasteiger partial charge in [-0.25, -0.2) is 9.37 Å². The molecular weight excluding hydrogens is 351 g/mol. The Bertz CT molecular complexity index is 1100. The highest BCUT2D eigenvalue weighted by Crippen LogP contribution is 2.27. The number of fused-ring (bicyclic) bond motifs is 1. The summed E-state index contributed by atoms with van der Waals surface area (Å²) in [6, 6.07) is 20.6. The van der Waals surface area contributed by atoms with Crippen molar-refractivity contribution < 1.29 is 9.18 Å². The summed E-state index contributed by atoms with van der Waals surface area (Å²) in [5.41, 5.74) is 2.42. The number of rotatable bonds is 4. The zero-order valence-corrected chi connectivity index (χ0v) is 14.4. The molecule has 0 radical (unpaired) electrons. The molecule has 0 N–H and O–H groups in total. The van der Waals surface area contributed by atoms with Crippen LogP contribution in [0.2, 0.25) is 5.02 Å². The number of benzene rings is 3. The lowest BCUT2D eigenvalue weighted by molar-refractivity contribution is 0.0974. The number of carbonyl (C=O) groups is 1. The molecule has 0 aliphatic carbocycles. The summed E-state index contributed by atoms with van der Waals surface area (Å²) in [7, 11) is 0. The van der Waals surface area contributed by atoms with Gasteiger partial charge in [0.1, 0.15) is 11.6 Å². The first kappa shape index (κ1) is 16.5. The van der Waals surface area contributed by atoms with Crippen molar-refractivity contribution in [1.29, 1.82) is 0 Å². The van der Waals surface area contributed by atoms with Crippen LogP contribution in [-0.4, -0.2) is 15.3 Å². The molecule has 0 aliphatic rings. The monoisotopic (exact) mass is 364 g/mol. The zero-order chi connectivity index (χ0) is 18.1. The molecule has 128 valence electrons. The van der Waals surface area contributed by atoms with Gasteiger partial charge in [0, 0.05) is 10.6 Å². The number of nitrogens with zero attached hydrogens (tertiary/aromatic N) is 2. The lowest BCUT2D eigenvalue weighted by atomic mass is 10.1. The second-order valence-corrected chi connectivity index (χ2v) is 6.36. The molecule has 4 rings (SSSR count). The molecule has 1 heterocycles. The van der Waals surface area contributed by atoms with Crippen molar-refractivity contribution in [2.24, 2.45) is 0 Å². The quantitative estimate of drug-likeness (QED) is 0.456. The third-order valence-electron chi connectivity index (χ3n) is 4.24. The lowest BCUT2D eigenvalue weighted by Gasteiger charge is -2.09. The molecule has 0 saturated heterocycles. The van der Waals surface area contributed by atoms with Crippen LogP contribution in [0, 0.1) is 5.82 Å². The second-order valence-electron chi connectivity index (χ2n) is 5.92. The normalized spacial score (nSPS) is 11.0. The Kier molecular flexibility index (Phi) is 4.27. The van der Waals surface area contributed by atoms with E-state index in [-0.39, 0.29) is 18.1 Å². The van der Waals surface area contributed by atoms with Crippen molar-refractivity contribution >= 4 is 28.4 Å². The van der Waals surface area contributed by atoms with Gasteiger partial charge in [-0.3, -0.25) is 4.79 Å². The van der Waals surface area contributed by atoms with E-state index in [1.807, 2.05) is 24.3 Å². The standard InChI is InChI=1S/C21H14ClFN2O/c22-15-11-9-14(10-12-15)20(26)13-25-19-8-4-3-7-18(19)24-21(25)16-5-1-2-6-17(16)23/h1-12H,13H2. The molecule has 0 fully saturated rings. The first-order chi connectivity index (χ1) is 12.6. The maximum absolute atomic E-state index is 14.3. The molecule has 0 bridgehead atoms. The first-order valence-electron chi connectivity index (χ1n) is 8.12. The third kappa shape index (κ3) is 3.00. The van der Waals surface area contributed by atoms with Crippen LogP contribution in [0.5, 0.6) is 0 Å². The molecule has 0 amide bonds. The van der Waals surface area contributed by atoms with Gasteiger partial charge >= 0.3 is 0 Å². The van der Waals surface area contributed by atoms with Crippen molar-refractivity contribution in [2.45, 2.75) is 6.54 Å². The maximum atomic E-state index is 14.3. The SMILES string of the molecule is O=C(Cn1c(-c2ccccc2F)nc2ccccc21)c1ccc(Cl)cc1. The molecule has 0 atom stereocenters. The van der Waals surface area contributed by atoms with E-state index in [0.717, 1.165) is 11.0 Å². The van der Waals surface area contributed by atoms with E-state index in [1.54, 1.807) is 47.0 Å². The summed E-state index contributed by atoms with van der Waals surface area (Å²) in [5.74, 6) is -0.0305. The second kappa shape index (κ2) is 6.73. The largest absolute Gasteiger partial charge is 0.316 e. The van der Waals surface area contributed by atoms with Crippen LogP contribution in [0.15, 0.2) is 72.8 Å². The summed E-state index contributed by atoms with van der Waals surface area (Å²) in [4.78, 5) is 17.3. The minimum absolute atomic E-state index is 0.0613. The number of aromatic nitrogens is 2. The Labute approximate surface area is 154 Å². The van der Waals surface area contributed by atoms with Crippen LogP contribution >= 0.6 is 11.6 Å². The minimum atomic E-state index is -0.372. The van der Waals surface area contributed by atoms with Gasteiger partial charge in [-0.2, -0.15) is 0 Å². The van der Waals surface area contributed by atoms with Crippen molar-refractivity contribution in [3.8, 4) is 11.4 Å². The van der Waals surface area contributed by atoms with Crippen molar-refractivity contribution in [2.75, 3.05) is 0 Å². The molecule has 1 aromatic heterocycles. The van der Waals surface area contributed by atoms with E-state index in [9.17, 15) is 9.18 Å². The first-order valence-corrected chi connectivity index (χ1v) is 8.50. The van der Waals surface area contributed by atoms with E-state index in [1.165, 1.54) is 6.07 Å². The zero-order valence-electron chi connectivity index (χ0n) is 13.7. The number of halogens is 2. The van der Waals surface area contributed by atoms with Gasteiger partial charge in [0.05, 0.1) is 23.1 Å². The average molecular weight is 365 g/mol. The maximum Gasteiger partial charge on any atom is 0.182 e. The van der Waals surface area contributed by atoms with Crippen LogP contribution < -0.4 is 0 Å². The molecular formula is C21H14ClFN2O. The van der Waals surface area contributed by atoms with Crippen LogP contribution in [0.3, 0.4) is 0 Å². The average Bonchev–Trinajstić information content (AvgIpc) is 3.01. The number of carbonyl (C=O) groups excluding carboxylic acids is 1. The summed E-state index contributed by atoms with van der Waals surface area (Å²) >= 11 is 5.89. The summed E-state index contributed by atoms with van der Waals surface area (Å²) in [6.07, 6.45) is 0. The molecule has 26 heavy (non-hydrogen) atoms. The fourth-order valence-electron chi connectivity index (χ4n) is 2.95. The number of Topliss-reactive ketones (excluding diaryl/α,β-unsaturated/α-hetero) is 1. The van der Waals surface area contributed by atoms with E-state index < -0.39 is 0 Å². The van der Waals surface area contributed by atoms with Gasteiger partial charge in [0.2, 0.25) is 0 Å². The number of hydrogen-bond donors (Lipinski definition) is 0. The number of ketones is 1. The Hall–Kier alpha value is -2.98. The van der Waals surface area contributed by atoms with Crippen LogP contribution in [0.1, 0.15) is 10.4 Å². The van der Waals surface area contributed by atoms with Crippen molar-refractivity contribution in [1.82, 2.24) is 9.55 Å². The highest BCUT2D eigenvalue weighted by Gasteiger charge is 2.18. The lowest BCUT2D eigenvalue weighted by Crippen LogP contribution is -2.12. The summed E-state index contributed by atoms with van der Waals surface area (Å²) < 4.78 is 16.1. The number of para-hydroxylation sites is 2. The van der Waals surface area contributed by atoms with Gasteiger partial charge < -0.3 is 4.57 Å². The fourth-order valence-corrected chi connectivity index (χ4v) is 3.08. The van der Waals surface area contributed by atoms with Gasteiger partial charge in [-0.1, -0.05) is 35.9 Å². The van der Waals surface area contributed by atoms with Gasteiger partial charge in [0.15, 0.2) is 5.78 Å². The minimum Gasteiger partial charge on any atom is -0.316 e. The highest BCUT2D eigenvalue weighted by atomic mass is 35.5. The number of imidazole rings is 1. The Morgan fingerprint density at radius 2 is 1.65 bits per heavy atom. The topological polar surface area (TPSA) is 34.9 Å². The molecule has 0 unspecified atom stereocenters. The summed E-state index contributed by atoms with van der Waals surface area (Å²) in [5, 5.41) is 0.571. The highest BCUT2D eigenvalue weighted by molar-refractivity contribution is 6.30. The van der Waals surface area contributed by atoms with Crippen molar-refractivity contribution in [3.05, 3.63) is 89.2 Å². The summed E-state index contributed by atoms with van der Waals surface area (Å²) in [6.45, 7) is 0.0613. The number of hydrogen-bond acceptors (Lipinski definition) is 2. The van der Waals surface area contributed by atoms with E-state index in [0.29, 0.717) is 22.0 Å². The van der Waals surface area contributed by atoms with Gasteiger partial charge in [-0.05, 0) is 48.5 Å². The van der Waals surface area contributed by atoms with Gasteiger partial charge in [-0.15, -0.1) is 0 Å². The van der Waals surface area contributed by atoms with E-state index >= 15 is 0 Å². The third-order valence-corrected chi connectivity index (χ3v) is 4.49. The Balaban J connectivity index is 1.83. The molecule has 0 aliphatic heterocycles. The van der Waals surface area contributed by atoms with E-state index in [4.69, 9.17) is 11.6 Å². The van der Waals surface area contributed by atoms with Gasteiger partial charge in [0.25, 0.3) is 0 Å². The molecule has 5 heteroatoms. The molecule has 0 saturated carbocycles. The van der Waals surface area contributed by atoms with E-state index in [2.05, 4.69) is 4.98 Å². The smallest absolute Gasteiger partial charge is 0.182 e. The molecule has 0 spiro atoms. The fraction of sp³-hybridized carbons (Fsp3) is 0.0476. The molecule has 3 aromatic carbocycles. The predicted molar refractivity (Wildman–Crippen MR) is 101 cm³/mol. The van der Waals surface area contributed by atoms with Crippen LogP contribution in [0.4, 0.5) is 4.39 Å².